The molecule has 0 saturated heterocycles. The molecule has 0 unspecified atom stereocenters. The minimum Gasteiger partial charge on any atom is -0.347 e. The van der Waals surface area contributed by atoms with Crippen molar-refractivity contribution in [3.8, 4) is 0 Å². The Morgan fingerprint density at radius 2 is 1.85 bits per heavy atom. The first kappa shape index (κ1) is 17.9. The Bertz CT molecular complexity index is 896. The van der Waals surface area contributed by atoms with Gasteiger partial charge in [-0.2, -0.15) is 0 Å². The minimum absolute atomic E-state index is 0.255. The van der Waals surface area contributed by atoms with Gasteiger partial charge in [-0.25, -0.2) is 9.97 Å². The standard InChI is InChI=1S/C20H19ClN4O/c1-2-15-5-3-4-6-17(15)24-20-22-12-11-18(25-20)19(26)23-13-14-7-9-16(21)10-8-14/h3-12H,2,13H2,1H3,(H,23,26)(H,22,24,25). The number of carbonyl (C=O) groups is 1. The summed E-state index contributed by atoms with van der Waals surface area (Å²) in [4.78, 5) is 20.9. The number of hydrogen-bond donors (Lipinski definition) is 2. The van der Waals surface area contributed by atoms with E-state index in [0.29, 0.717) is 23.2 Å². The van der Waals surface area contributed by atoms with Gasteiger partial charge in [-0.3, -0.25) is 4.79 Å². The van der Waals surface area contributed by atoms with Crippen LogP contribution in [0.2, 0.25) is 5.02 Å². The average molecular weight is 367 g/mol. The molecule has 0 atom stereocenters. The maximum absolute atomic E-state index is 12.4. The predicted octanol–water partition coefficient (Wildman–Crippen LogP) is 4.37. The van der Waals surface area contributed by atoms with Gasteiger partial charge >= 0.3 is 0 Å². The molecule has 0 aliphatic carbocycles. The molecule has 1 heterocycles. The number of hydrogen-bond acceptors (Lipinski definition) is 4. The SMILES string of the molecule is CCc1ccccc1Nc1nccc(C(=O)NCc2ccc(Cl)cc2)n1. The number of rotatable bonds is 6. The Balaban J connectivity index is 1.68. The van der Waals surface area contributed by atoms with Crippen LogP contribution in [-0.2, 0) is 13.0 Å². The van der Waals surface area contributed by atoms with Gasteiger partial charge in [-0.15, -0.1) is 0 Å². The van der Waals surface area contributed by atoms with Crippen LogP contribution in [0.15, 0.2) is 60.8 Å². The molecule has 6 heteroatoms. The first-order valence-corrected chi connectivity index (χ1v) is 8.74. The second-order valence-electron chi connectivity index (χ2n) is 5.71. The number of anilines is 2. The van der Waals surface area contributed by atoms with Crippen molar-refractivity contribution in [1.29, 1.82) is 0 Å². The highest BCUT2D eigenvalue weighted by Gasteiger charge is 2.09. The molecule has 0 aliphatic rings. The summed E-state index contributed by atoms with van der Waals surface area (Å²) in [5, 5.41) is 6.70. The molecule has 0 fully saturated rings. The molecule has 5 nitrogen and oxygen atoms in total. The van der Waals surface area contributed by atoms with E-state index in [2.05, 4.69) is 27.5 Å². The van der Waals surface area contributed by atoms with Crippen LogP contribution in [0.3, 0.4) is 0 Å². The number of aryl methyl sites for hydroxylation is 1. The highest BCUT2D eigenvalue weighted by atomic mass is 35.5. The van der Waals surface area contributed by atoms with Crippen LogP contribution in [0, 0.1) is 0 Å². The lowest BCUT2D eigenvalue weighted by Crippen LogP contribution is -2.24. The van der Waals surface area contributed by atoms with Crippen molar-refractivity contribution in [3.05, 3.63) is 82.6 Å². The number of benzene rings is 2. The Kier molecular flexibility index (Phi) is 5.81. The summed E-state index contributed by atoms with van der Waals surface area (Å²) in [6.07, 6.45) is 2.46. The fraction of sp³-hybridized carbons (Fsp3) is 0.150. The van der Waals surface area contributed by atoms with Crippen LogP contribution in [0.5, 0.6) is 0 Å². The molecule has 132 valence electrons. The van der Waals surface area contributed by atoms with Crippen molar-refractivity contribution in [3.63, 3.8) is 0 Å². The Morgan fingerprint density at radius 3 is 2.62 bits per heavy atom. The molecule has 26 heavy (non-hydrogen) atoms. The third-order valence-corrected chi connectivity index (χ3v) is 4.15. The van der Waals surface area contributed by atoms with E-state index in [4.69, 9.17) is 11.6 Å². The highest BCUT2D eigenvalue weighted by molar-refractivity contribution is 6.30. The quantitative estimate of drug-likeness (QED) is 0.680. The van der Waals surface area contributed by atoms with E-state index in [-0.39, 0.29) is 5.91 Å². The van der Waals surface area contributed by atoms with E-state index >= 15 is 0 Å². The van der Waals surface area contributed by atoms with E-state index in [1.807, 2.05) is 36.4 Å². The highest BCUT2D eigenvalue weighted by Crippen LogP contribution is 2.19. The van der Waals surface area contributed by atoms with Gasteiger partial charge in [0.15, 0.2) is 0 Å². The number of nitrogens with one attached hydrogen (secondary N) is 2. The van der Waals surface area contributed by atoms with Gasteiger partial charge in [0.25, 0.3) is 5.91 Å². The number of nitrogens with zero attached hydrogens (tertiary/aromatic N) is 2. The molecular formula is C20H19ClN4O. The van der Waals surface area contributed by atoms with Gasteiger partial charge in [-0.1, -0.05) is 48.9 Å². The normalized spacial score (nSPS) is 10.4. The molecule has 0 bridgehead atoms. The largest absolute Gasteiger partial charge is 0.347 e. The summed E-state index contributed by atoms with van der Waals surface area (Å²) in [7, 11) is 0. The fourth-order valence-electron chi connectivity index (χ4n) is 2.49. The van der Waals surface area contributed by atoms with Crippen LogP contribution >= 0.6 is 11.6 Å². The summed E-state index contributed by atoms with van der Waals surface area (Å²) >= 11 is 5.86. The van der Waals surface area contributed by atoms with Crippen LogP contribution in [0.1, 0.15) is 28.5 Å². The average Bonchev–Trinajstić information content (AvgIpc) is 2.68. The molecule has 3 rings (SSSR count). The lowest BCUT2D eigenvalue weighted by atomic mass is 10.1. The first-order chi connectivity index (χ1) is 12.7. The predicted molar refractivity (Wildman–Crippen MR) is 104 cm³/mol. The monoisotopic (exact) mass is 366 g/mol. The first-order valence-electron chi connectivity index (χ1n) is 8.36. The molecule has 2 aromatic carbocycles. The third-order valence-electron chi connectivity index (χ3n) is 3.90. The number of carbonyl (C=O) groups excluding carboxylic acids is 1. The summed E-state index contributed by atoms with van der Waals surface area (Å²) < 4.78 is 0. The van der Waals surface area contributed by atoms with Crippen molar-refractivity contribution in [2.75, 3.05) is 5.32 Å². The number of amides is 1. The zero-order valence-electron chi connectivity index (χ0n) is 14.4. The van der Waals surface area contributed by atoms with Crippen molar-refractivity contribution in [2.45, 2.75) is 19.9 Å². The summed E-state index contributed by atoms with van der Waals surface area (Å²) in [6, 6.07) is 16.9. The van der Waals surface area contributed by atoms with Crippen molar-refractivity contribution in [2.24, 2.45) is 0 Å². The van der Waals surface area contributed by atoms with Gasteiger partial charge in [-0.05, 0) is 41.8 Å². The zero-order chi connectivity index (χ0) is 18.4. The van der Waals surface area contributed by atoms with Gasteiger partial charge in [0.05, 0.1) is 0 Å². The number of para-hydroxylation sites is 1. The van der Waals surface area contributed by atoms with Gasteiger partial charge in [0, 0.05) is 23.5 Å². The van der Waals surface area contributed by atoms with Crippen LogP contribution in [0.4, 0.5) is 11.6 Å². The molecule has 1 amide bonds. The second-order valence-corrected chi connectivity index (χ2v) is 6.15. The Morgan fingerprint density at radius 1 is 1.08 bits per heavy atom. The lowest BCUT2D eigenvalue weighted by Gasteiger charge is -2.10. The third kappa shape index (κ3) is 4.58. The Hall–Kier alpha value is -2.92. The van der Waals surface area contributed by atoms with Crippen molar-refractivity contribution >= 4 is 29.1 Å². The fourth-order valence-corrected chi connectivity index (χ4v) is 2.62. The van der Waals surface area contributed by atoms with E-state index in [9.17, 15) is 4.79 Å². The van der Waals surface area contributed by atoms with E-state index < -0.39 is 0 Å². The molecule has 3 aromatic rings. The van der Waals surface area contributed by atoms with Crippen molar-refractivity contribution < 1.29 is 4.79 Å². The summed E-state index contributed by atoms with van der Waals surface area (Å²) in [5.41, 5.74) is 3.37. The van der Waals surface area contributed by atoms with E-state index in [1.54, 1.807) is 24.4 Å². The molecule has 0 spiro atoms. The maximum Gasteiger partial charge on any atom is 0.270 e. The van der Waals surface area contributed by atoms with Crippen LogP contribution in [-0.4, -0.2) is 15.9 Å². The summed E-state index contributed by atoms with van der Waals surface area (Å²) in [6.45, 7) is 2.49. The zero-order valence-corrected chi connectivity index (χ0v) is 15.1. The van der Waals surface area contributed by atoms with Crippen LogP contribution < -0.4 is 10.6 Å². The van der Waals surface area contributed by atoms with E-state index in [1.165, 1.54) is 0 Å². The van der Waals surface area contributed by atoms with Crippen molar-refractivity contribution in [1.82, 2.24) is 15.3 Å². The van der Waals surface area contributed by atoms with Gasteiger partial charge in [0.1, 0.15) is 5.69 Å². The molecule has 0 saturated carbocycles. The smallest absolute Gasteiger partial charge is 0.270 e. The van der Waals surface area contributed by atoms with Gasteiger partial charge < -0.3 is 10.6 Å². The lowest BCUT2D eigenvalue weighted by molar-refractivity contribution is 0.0946. The molecule has 0 aliphatic heterocycles. The maximum atomic E-state index is 12.4. The molecule has 1 aromatic heterocycles. The molecule has 0 radical (unpaired) electrons. The number of aromatic nitrogens is 2. The Labute approximate surface area is 157 Å². The summed E-state index contributed by atoms with van der Waals surface area (Å²) in [5.74, 6) is 0.138. The van der Waals surface area contributed by atoms with E-state index in [0.717, 1.165) is 23.2 Å². The second kappa shape index (κ2) is 8.45. The van der Waals surface area contributed by atoms with Crippen LogP contribution in [0.25, 0.3) is 0 Å². The topological polar surface area (TPSA) is 66.9 Å². The molecular weight excluding hydrogens is 348 g/mol. The minimum atomic E-state index is -0.255. The molecule has 2 N–H and O–H groups in total. The van der Waals surface area contributed by atoms with Gasteiger partial charge in [0.2, 0.25) is 5.95 Å². The number of halogens is 1.